The van der Waals surface area contributed by atoms with Gasteiger partial charge in [-0.05, 0) is 26.8 Å². The first-order valence-corrected chi connectivity index (χ1v) is 5.67. The molecule has 90 valence electrons. The molecular weight excluding hydrogens is 202 g/mol. The van der Waals surface area contributed by atoms with Gasteiger partial charge in [0.15, 0.2) is 0 Å². The van der Waals surface area contributed by atoms with Gasteiger partial charge in [-0.2, -0.15) is 0 Å². The number of nitrogens with two attached hydrogens (primary N) is 1. The fourth-order valence-corrected chi connectivity index (χ4v) is 1.44. The van der Waals surface area contributed by atoms with E-state index in [1.165, 1.54) is 5.56 Å². The summed E-state index contributed by atoms with van der Waals surface area (Å²) < 4.78 is 11.0. The Bertz CT molecular complexity index is 324. The van der Waals surface area contributed by atoms with E-state index in [0.29, 0.717) is 19.8 Å². The molecule has 0 unspecified atom stereocenters. The van der Waals surface area contributed by atoms with Gasteiger partial charge in [0.05, 0.1) is 12.7 Å². The first-order valence-electron chi connectivity index (χ1n) is 5.67. The summed E-state index contributed by atoms with van der Waals surface area (Å²) in [6.07, 6.45) is 0.246. The molecule has 3 nitrogen and oxygen atoms in total. The Hall–Kier alpha value is -1.06. The molecule has 0 atom stereocenters. The molecule has 0 aliphatic rings. The predicted molar refractivity (Wildman–Crippen MR) is 65.7 cm³/mol. The second-order valence-corrected chi connectivity index (χ2v) is 4.08. The van der Waals surface area contributed by atoms with E-state index in [9.17, 15) is 0 Å². The Morgan fingerprint density at radius 1 is 1.25 bits per heavy atom. The van der Waals surface area contributed by atoms with Crippen molar-refractivity contribution in [2.45, 2.75) is 33.4 Å². The van der Waals surface area contributed by atoms with Gasteiger partial charge in [-0.1, -0.05) is 17.7 Å². The fourth-order valence-electron chi connectivity index (χ4n) is 1.44. The largest absolute Gasteiger partial charge is 0.491 e. The van der Waals surface area contributed by atoms with Gasteiger partial charge in [0.25, 0.3) is 0 Å². The molecule has 16 heavy (non-hydrogen) atoms. The molecule has 1 aromatic rings. The standard InChI is InChI=1S/C13H21NO2/c1-10(2)15-6-7-16-13-5-4-11(3)8-12(13)9-14/h4-5,8,10H,6-7,9,14H2,1-3H3. The first kappa shape index (κ1) is 13.0. The number of ether oxygens (including phenoxy) is 2. The number of aryl methyl sites for hydroxylation is 1. The molecule has 0 heterocycles. The molecule has 0 aromatic heterocycles. The maximum atomic E-state index is 5.66. The highest BCUT2D eigenvalue weighted by atomic mass is 16.5. The number of benzene rings is 1. The molecule has 0 bridgehead atoms. The van der Waals surface area contributed by atoms with Gasteiger partial charge >= 0.3 is 0 Å². The maximum absolute atomic E-state index is 5.66. The molecular formula is C13H21NO2. The highest BCUT2D eigenvalue weighted by Gasteiger charge is 2.02. The minimum absolute atomic E-state index is 0.246. The van der Waals surface area contributed by atoms with Crippen LogP contribution in [-0.4, -0.2) is 19.3 Å². The van der Waals surface area contributed by atoms with E-state index in [-0.39, 0.29) is 6.10 Å². The SMILES string of the molecule is Cc1ccc(OCCOC(C)C)c(CN)c1. The van der Waals surface area contributed by atoms with Crippen molar-refractivity contribution in [1.82, 2.24) is 0 Å². The Labute approximate surface area is 97.6 Å². The monoisotopic (exact) mass is 223 g/mol. The van der Waals surface area contributed by atoms with Crippen molar-refractivity contribution < 1.29 is 9.47 Å². The van der Waals surface area contributed by atoms with Crippen LogP contribution >= 0.6 is 0 Å². The molecule has 1 rings (SSSR count). The second-order valence-electron chi connectivity index (χ2n) is 4.08. The van der Waals surface area contributed by atoms with Crippen LogP contribution in [0.4, 0.5) is 0 Å². The Kier molecular flexibility index (Phi) is 5.29. The average molecular weight is 223 g/mol. The van der Waals surface area contributed by atoms with Crippen molar-refractivity contribution in [2.75, 3.05) is 13.2 Å². The molecule has 0 aliphatic carbocycles. The zero-order chi connectivity index (χ0) is 12.0. The summed E-state index contributed by atoms with van der Waals surface area (Å²) >= 11 is 0. The van der Waals surface area contributed by atoms with E-state index in [0.717, 1.165) is 11.3 Å². The van der Waals surface area contributed by atoms with E-state index in [2.05, 4.69) is 6.07 Å². The molecule has 3 heteroatoms. The van der Waals surface area contributed by atoms with Crippen LogP contribution in [-0.2, 0) is 11.3 Å². The molecule has 0 spiro atoms. The third-order valence-electron chi connectivity index (χ3n) is 2.23. The molecule has 0 aliphatic heterocycles. The molecule has 2 N–H and O–H groups in total. The van der Waals surface area contributed by atoms with Gasteiger partial charge in [0.1, 0.15) is 12.4 Å². The first-order chi connectivity index (χ1) is 7.63. The predicted octanol–water partition coefficient (Wildman–Crippen LogP) is 2.26. The van der Waals surface area contributed by atoms with Crippen LogP contribution in [0.25, 0.3) is 0 Å². The minimum Gasteiger partial charge on any atom is -0.491 e. The molecule has 0 saturated carbocycles. The normalized spacial score (nSPS) is 10.8. The van der Waals surface area contributed by atoms with Crippen LogP contribution in [0, 0.1) is 6.92 Å². The highest BCUT2D eigenvalue weighted by molar-refractivity contribution is 5.36. The van der Waals surface area contributed by atoms with Gasteiger partial charge in [0.2, 0.25) is 0 Å². The smallest absolute Gasteiger partial charge is 0.123 e. The van der Waals surface area contributed by atoms with Crippen molar-refractivity contribution in [3.05, 3.63) is 29.3 Å². The Balaban J connectivity index is 2.47. The third kappa shape index (κ3) is 4.21. The Morgan fingerprint density at radius 2 is 2.00 bits per heavy atom. The summed E-state index contributed by atoms with van der Waals surface area (Å²) in [4.78, 5) is 0. The lowest BCUT2D eigenvalue weighted by Crippen LogP contribution is -2.12. The second kappa shape index (κ2) is 6.51. The zero-order valence-electron chi connectivity index (χ0n) is 10.3. The van der Waals surface area contributed by atoms with Crippen molar-refractivity contribution in [2.24, 2.45) is 5.73 Å². The van der Waals surface area contributed by atoms with Crippen molar-refractivity contribution >= 4 is 0 Å². The summed E-state index contributed by atoms with van der Waals surface area (Å²) in [6, 6.07) is 6.04. The zero-order valence-corrected chi connectivity index (χ0v) is 10.3. The van der Waals surface area contributed by atoms with Gasteiger partial charge < -0.3 is 15.2 Å². The van der Waals surface area contributed by atoms with Crippen LogP contribution in [0.3, 0.4) is 0 Å². The van der Waals surface area contributed by atoms with Gasteiger partial charge in [-0.25, -0.2) is 0 Å². The summed E-state index contributed by atoms with van der Waals surface area (Å²) in [7, 11) is 0. The van der Waals surface area contributed by atoms with E-state index in [4.69, 9.17) is 15.2 Å². The molecule has 0 radical (unpaired) electrons. The minimum atomic E-state index is 0.246. The fraction of sp³-hybridized carbons (Fsp3) is 0.538. The summed E-state index contributed by atoms with van der Waals surface area (Å²) in [5.41, 5.74) is 7.91. The van der Waals surface area contributed by atoms with Crippen molar-refractivity contribution in [3.8, 4) is 5.75 Å². The van der Waals surface area contributed by atoms with Gasteiger partial charge in [-0.15, -0.1) is 0 Å². The highest BCUT2D eigenvalue weighted by Crippen LogP contribution is 2.19. The molecule has 0 saturated heterocycles. The van der Waals surface area contributed by atoms with Crippen LogP contribution < -0.4 is 10.5 Å². The van der Waals surface area contributed by atoms with Crippen LogP contribution in [0.2, 0.25) is 0 Å². The number of hydrogen-bond donors (Lipinski definition) is 1. The van der Waals surface area contributed by atoms with Crippen LogP contribution in [0.5, 0.6) is 5.75 Å². The molecule has 1 aromatic carbocycles. The van der Waals surface area contributed by atoms with Crippen LogP contribution in [0.15, 0.2) is 18.2 Å². The average Bonchev–Trinajstić information content (AvgIpc) is 2.25. The van der Waals surface area contributed by atoms with Crippen molar-refractivity contribution in [1.29, 1.82) is 0 Å². The lowest BCUT2D eigenvalue weighted by atomic mass is 10.1. The third-order valence-corrected chi connectivity index (χ3v) is 2.23. The quantitative estimate of drug-likeness (QED) is 0.752. The topological polar surface area (TPSA) is 44.5 Å². The number of rotatable bonds is 6. The van der Waals surface area contributed by atoms with E-state index in [1.807, 2.05) is 32.9 Å². The van der Waals surface area contributed by atoms with Crippen LogP contribution in [0.1, 0.15) is 25.0 Å². The molecule has 0 fully saturated rings. The van der Waals surface area contributed by atoms with E-state index in [1.54, 1.807) is 0 Å². The lowest BCUT2D eigenvalue weighted by molar-refractivity contribution is 0.0550. The number of hydrogen-bond acceptors (Lipinski definition) is 3. The van der Waals surface area contributed by atoms with E-state index < -0.39 is 0 Å². The van der Waals surface area contributed by atoms with E-state index >= 15 is 0 Å². The summed E-state index contributed by atoms with van der Waals surface area (Å²) in [5.74, 6) is 0.862. The summed E-state index contributed by atoms with van der Waals surface area (Å²) in [6.45, 7) is 7.74. The summed E-state index contributed by atoms with van der Waals surface area (Å²) in [5, 5.41) is 0. The van der Waals surface area contributed by atoms with Gasteiger partial charge in [-0.3, -0.25) is 0 Å². The Morgan fingerprint density at radius 3 is 2.62 bits per heavy atom. The maximum Gasteiger partial charge on any atom is 0.123 e. The van der Waals surface area contributed by atoms with Gasteiger partial charge in [0, 0.05) is 12.1 Å². The lowest BCUT2D eigenvalue weighted by Gasteiger charge is -2.12. The van der Waals surface area contributed by atoms with Crippen molar-refractivity contribution in [3.63, 3.8) is 0 Å². The molecule has 0 amide bonds.